The molecule has 128 valence electrons. The second-order valence-corrected chi connectivity index (χ2v) is 7.66. The predicted molar refractivity (Wildman–Crippen MR) is 105 cm³/mol. The SMILES string of the molecule is COc1ccccc1Nc1nc2c(s1)CCc1c(Br)ccc(OC)c1-2. The van der Waals surface area contributed by atoms with Crippen LogP contribution in [0.5, 0.6) is 11.5 Å². The summed E-state index contributed by atoms with van der Waals surface area (Å²) in [4.78, 5) is 6.14. The molecule has 0 fully saturated rings. The summed E-state index contributed by atoms with van der Waals surface area (Å²) in [6.45, 7) is 0. The Morgan fingerprint density at radius 2 is 1.84 bits per heavy atom. The van der Waals surface area contributed by atoms with Gasteiger partial charge in [0.1, 0.15) is 11.5 Å². The van der Waals surface area contributed by atoms with Crippen molar-refractivity contribution >= 4 is 38.1 Å². The molecule has 1 heterocycles. The van der Waals surface area contributed by atoms with Gasteiger partial charge in [0.25, 0.3) is 0 Å². The highest BCUT2D eigenvalue weighted by molar-refractivity contribution is 9.10. The lowest BCUT2D eigenvalue weighted by atomic mass is 9.93. The van der Waals surface area contributed by atoms with E-state index in [2.05, 4.69) is 21.2 Å². The highest BCUT2D eigenvalue weighted by Crippen LogP contribution is 2.45. The van der Waals surface area contributed by atoms with Crippen LogP contribution in [0, 0.1) is 0 Å². The quantitative estimate of drug-likeness (QED) is 0.615. The molecule has 0 aliphatic heterocycles. The maximum Gasteiger partial charge on any atom is 0.188 e. The predicted octanol–water partition coefficient (Wildman–Crippen LogP) is 5.43. The summed E-state index contributed by atoms with van der Waals surface area (Å²) in [5.41, 5.74) is 4.29. The van der Waals surface area contributed by atoms with Crippen LogP contribution in [0.15, 0.2) is 40.9 Å². The second kappa shape index (κ2) is 6.69. The van der Waals surface area contributed by atoms with Crippen LogP contribution in [-0.4, -0.2) is 19.2 Å². The minimum atomic E-state index is 0.802. The van der Waals surface area contributed by atoms with Gasteiger partial charge in [0.15, 0.2) is 5.13 Å². The molecule has 1 aliphatic rings. The van der Waals surface area contributed by atoms with Gasteiger partial charge in [-0.25, -0.2) is 4.98 Å². The lowest BCUT2D eigenvalue weighted by Gasteiger charge is -2.19. The number of methoxy groups -OCH3 is 2. The molecule has 1 N–H and O–H groups in total. The van der Waals surface area contributed by atoms with Gasteiger partial charge in [-0.1, -0.05) is 28.1 Å². The molecule has 4 rings (SSSR count). The maximum atomic E-state index is 5.59. The van der Waals surface area contributed by atoms with E-state index in [1.165, 1.54) is 10.4 Å². The molecule has 0 saturated carbocycles. The third-order valence-electron chi connectivity index (χ3n) is 4.32. The Morgan fingerprint density at radius 3 is 2.64 bits per heavy atom. The zero-order valence-corrected chi connectivity index (χ0v) is 16.3. The van der Waals surface area contributed by atoms with Crippen LogP contribution in [0.2, 0.25) is 0 Å². The molecule has 4 nitrogen and oxygen atoms in total. The topological polar surface area (TPSA) is 43.4 Å². The fraction of sp³-hybridized carbons (Fsp3) is 0.211. The molecule has 6 heteroatoms. The third-order valence-corrected chi connectivity index (χ3v) is 6.10. The number of fused-ring (bicyclic) bond motifs is 3. The Labute approximate surface area is 159 Å². The molecule has 1 aliphatic carbocycles. The molecule has 0 saturated heterocycles. The largest absolute Gasteiger partial charge is 0.496 e. The minimum absolute atomic E-state index is 0.802. The number of ether oxygens (including phenoxy) is 2. The monoisotopic (exact) mass is 416 g/mol. The molecule has 0 bridgehead atoms. The Balaban J connectivity index is 1.77. The van der Waals surface area contributed by atoms with Crippen molar-refractivity contribution in [2.24, 2.45) is 0 Å². The number of halogens is 1. The zero-order valence-electron chi connectivity index (χ0n) is 13.9. The van der Waals surface area contributed by atoms with Crippen LogP contribution in [-0.2, 0) is 12.8 Å². The van der Waals surface area contributed by atoms with Crippen LogP contribution < -0.4 is 14.8 Å². The van der Waals surface area contributed by atoms with E-state index in [9.17, 15) is 0 Å². The summed E-state index contributed by atoms with van der Waals surface area (Å²) in [7, 11) is 3.38. The number of aryl methyl sites for hydroxylation is 1. The number of nitrogens with zero attached hydrogens (tertiary/aromatic N) is 1. The van der Waals surface area contributed by atoms with E-state index in [-0.39, 0.29) is 0 Å². The van der Waals surface area contributed by atoms with Crippen molar-refractivity contribution in [3.8, 4) is 22.8 Å². The Hall–Kier alpha value is -2.05. The van der Waals surface area contributed by atoms with Crippen molar-refractivity contribution in [1.29, 1.82) is 0 Å². The fourth-order valence-electron chi connectivity index (χ4n) is 3.15. The van der Waals surface area contributed by atoms with Crippen molar-refractivity contribution in [2.45, 2.75) is 12.8 Å². The number of nitrogens with one attached hydrogen (secondary N) is 1. The summed E-state index contributed by atoms with van der Waals surface area (Å²) in [6, 6.07) is 11.9. The summed E-state index contributed by atoms with van der Waals surface area (Å²) >= 11 is 5.35. The van der Waals surface area contributed by atoms with E-state index >= 15 is 0 Å². The van der Waals surface area contributed by atoms with Gasteiger partial charge in [-0.15, -0.1) is 11.3 Å². The van der Waals surface area contributed by atoms with Gasteiger partial charge in [-0.3, -0.25) is 0 Å². The molecular weight excluding hydrogens is 400 g/mol. The highest BCUT2D eigenvalue weighted by Gasteiger charge is 2.26. The van der Waals surface area contributed by atoms with Crippen molar-refractivity contribution in [3.05, 3.63) is 51.3 Å². The number of para-hydroxylation sites is 2. The normalized spacial score (nSPS) is 12.3. The molecular formula is C19H17BrN2O2S. The Morgan fingerprint density at radius 1 is 1.04 bits per heavy atom. The molecule has 2 aromatic carbocycles. The van der Waals surface area contributed by atoms with Gasteiger partial charge in [0, 0.05) is 14.9 Å². The number of anilines is 2. The van der Waals surface area contributed by atoms with Crippen LogP contribution in [0.25, 0.3) is 11.3 Å². The van der Waals surface area contributed by atoms with E-state index in [0.717, 1.165) is 50.9 Å². The van der Waals surface area contributed by atoms with Crippen LogP contribution in [0.1, 0.15) is 10.4 Å². The first-order chi connectivity index (χ1) is 12.2. The second-order valence-electron chi connectivity index (χ2n) is 5.72. The number of thiazole rings is 1. The van der Waals surface area contributed by atoms with E-state index in [0.29, 0.717) is 0 Å². The van der Waals surface area contributed by atoms with Crippen molar-refractivity contribution in [1.82, 2.24) is 4.98 Å². The first-order valence-electron chi connectivity index (χ1n) is 7.96. The smallest absolute Gasteiger partial charge is 0.188 e. The average molecular weight is 417 g/mol. The summed E-state index contributed by atoms with van der Waals surface area (Å²) in [5, 5.41) is 4.26. The third kappa shape index (κ3) is 2.89. The van der Waals surface area contributed by atoms with Gasteiger partial charge < -0.3 is 14.8 Å². The summed E-state index contributed by atoms with van der Waals surface area (Å²) in [5.74, 6) is 1.67. The maximum absolute atomic E-state index is 5.59. The average Bonchev–Trinajstić information content (AvgIpc) is 3.05. The standard InChI is InChI=1S/C19H17BrN2O2S/c1-23-14-6-4-3-5-13(14)21-19-22-18-16(25-19)10-7-11-12(20)8-9-15(24-2)17(11)18/h3-6,8-9H,7,10H2,1-2H3,(H,21,22). The molecule has 0 atom stereocenters. The molecule has 0 unspecified atom stereocenters. The number of hydrogen-bond donors (Lipinski definition) is 1. The van der Waals surface area contributed by atoms with Crippen LogP contribution in [0.4, 0.5) is 10.8 Å². The van der Waals surface area contributed by atoms with Crippen molar-refractivity contribution in [2.75, 3.05) is 19.5 Å². The number of rotatable bonds is 4. The van der Waals surface area contributed by atoms with Gasteiger partial charge in [0.2, 0.25) is 0 Å². The van der Waals surface area contributed by atoms with Crippen molar-refractivity contribution < 1.29 is 9.47 Å². The molecule has 1 aromatic heterocycles. The number of hydrogen-bond acceptors (Lipinski definition) is 5. The van der Waals surface area contributed by atoms with Crippen molar-refractivity contribution in [3.63, 3.8) is 0 Å². The lowest BCUT2D eigenvalue weighted by Crippen LogP contribution is -2.05. The lowest BCUT2D eigenvalue weighted by molar-refractivity contribution is 0.415. The Bertz CT molecular complexity index is 939. The molecule has 0 spiro atoms. The number of benzene rings is 2. The molecule has 0 radical (unpaired) electrons. The fourth-order valence-corrected chi connectivity index (χ4v) is 4.66. The van der Waals surface area contributed by atoms with E-state index in [1.807, 2.05) is 36.4 Å². The van der Waals surface area contributed by atoms with Gasteiger partial charge in [0.05, 0.1) is 25.6 Å². The van der Waals surface area contributed by atoms with Crippen LogP contribution >= 0.6 is 27.3 Å². The summed E-state index contributed by atoms with van der Waals surface area (Å²) < 4.78 is 12.1. The number of aromatic nitrogens is 1. The highest BCUT2D eigenvalue weighted by atomic mass is 79.9. The molecule has 0 amide bonds. The first kappa shape index (κ1) is 16.4. The summed E-state index contributed by atoms with van der Waals surface area (Å²) in [6.07, 6.45) is 1.97. The van der Waals surface area contributed by atoms with E-state index in [1.54, 1.807) is 25.6 Å². The first-order valence-corrected chi connectivity index (χ1v) is 9.57. The Kier molecular flexibility index (Phi) is 4.39. The van der Waals surface area contributed by atoms with Gasteiger partial charge in [-0.2, -0.15) is 0 Å². The van der Waals surface area contributed by atoms with Gasteiger partial charge >= 0.3 is 0 Å². The van der Waals surface area contributed by atoms with E-state index < -0.39 is 0 Å². The van der Waals surface area contributed by atoms with Gasteiger partial charge in [-0.05, 0) is 42.7 Å². The minimum Gasteiger partial charge on any atom is -0.496 e. The molecule has 25 heavy (non-hydrogen) atoms. The van der Waals surface area contributed by atoms with Crippen LogP contribution in [0.3, 0.4) is 0 Å². The van der Waals surface area contributed by atoms with E-state index in [4.69, 9.17) is 14.5 Å². The molecule has 3 aromatic rings. The zero-order chi connectivity index (χ0) is 17.4.